The Balaban J connectivity index is 1.73. The van der Waals surface area contributed by atoms with Gasteiger partial charge in [0.2, 0.25) is 5.91 Å². The number of anilines is 2. The average Bonchev–Trinajstić information content (AvgIpc) is 3.02. The Bertz CT molecular complexity index is 766. The van der Waals surface area contributed by atoms with Crippen molar-refractivity contribution in [2.45, 2.75) is 13.8 Å². The molecular formula is C17H20N4O2S. The number of amides is 2. The number of aryl methyl sites for hydroxylation is 2. The van der Waals surface area contributed by atoms with Crippen molar-refractivity contribution in [3.05, 3.63) is 40.4 Å². The Labute approximate surface area is 145 Å². The third kappa shape index (κ3) is 3.26. The fourth-order valence-corrected chi connectivity index (χ4v) is 3.52. The number of aromatic nitrogens is 1. The summed E-state index contributed by atoms with van der Waals surface area (Å²) in [5, 5.41) is 5.32. The normalized spacial score (nSPS) is 14.9. The minimum absolute atomic E-state index is 0.0660. The lowest BCUT2D eigenvalue weighted by Gasteiger charge is -2.34. The largest absolute Gasteiger partial charge is 0.365 e. The number of nitrogens with zero attached hydrogens (tertiary/aromatic N) is 3. The van der Waals surface area contributed by atoms with Crippen LogP contribution in [0.2, 0.25) is 0 Å². The molecule has 0 aliphatic carbocycles. The van der Waals surface area contributed by atoms with E-state index in [2.05, 4.69) is 16.4 Å². The molecule has 1 aliphatic rings. The molecule has 2 amide bonds. The van der Waals surface area contributed by atoms with Crippen LogP contribution in [0.5, 0.6) is 0 Å². The van der Waals surface area contributed by atoms with E-state index in [-0.39, 0.29) is 18.4 Å². The minimum atomic E-state index is -0.193. The Morgan fingerprint density at radius 2 is 1.92 bits per heavy atom. The maximum absolute atomic E-state index is 12.5. The monoisotopic (exact) mass is 344 g/mol. The maximum Gasteiger partial charge on any atom is 0.273 e. The lowest BCUT2D eigenvalue weighted by atomic mass is 10.1. The summed E-state index contributed by atoms with van der Waals surface area (Å²) >= 11 is 1.38. The van der Waals surface area contributed by atoms with Crippen molar-refractivity contribution >= 4 is 34.0 Å². The lowest BCUT2D eigenvalue weighted by Crippen LogP contribution is -2.52. The number of nitrogens with one attached hydrogen (secondary N) is 1. The molecule has 1 aliphatic heterocycles. The molecule has 2 aromatic rings. The van der Waals surface area contributed by atoms with Crippen LogP contribution in [0.25, 0.3) is 0 Å². The lowest BCUT2D eigenvalue weighted by molar-refractivity contribution is -0.120. The van der Waals surface area contributed by atoms with Gasteiger partial charge >= 0.3 is 0 Å². The van der Waals surface area contributed by atoms with Crippen molar-refractivity contribution < 1.29 is 9.59 Å². The summed E-state index contributed by atoms with van der Waals surface area (Å²) in [5.74, 6) is -0.259. The van der Waals surface area contributed by atoms with Crippen molar-refractivity contribution in [3.63, 3.8) is 0 Å². The van der Waals surface area contributed by atoms with Crippen LogP contribution in [0.3, 0.4) is 0 Å². The number of benzene rings is 1. The van der Waals surface area contributed by atoms with Gasteiger partial charge in [0, 0.05) is 31.2 Å². The van der Waals surface area contributed by atoms with Crippen LogP contribution < -0.4 is 10.2 Å². The first kappa shape index (κ1) is 16.4. The van der Waals surface area contributed by atoms with Gasteiger partial charge < -0.3 is 15.1 Å². The van der Waals surface area contributed by atoms with Gasteiger partial charge in [-0.1, -0.05) is 6.07 Å². The van der Waals surface area contributed by atoms with Crippen LogP contribution in [-0.4, -0.2) is 48.4 Å². The van der Waals surface area contributed by atoms with E-state index in [4.69, 9.17) is 0 Å². The standard InChI is InChI=1S/C17H20N4O2S/c1-11-6-12(2)8-13(7-11)21-5-4-20(9-15(21)22)16(23)14-10-24-17(18-3)19-14/h6-8,10H,4-5,9H2,1-3H3,(H,18,19). The topological polar surface area (TPSA) is 65.5 Å². The summed E-state index contributed by atoms with van der Waals surface area (Å²) in [6.45, 7) is 5.11. The fraction of sp³-hybridized carbons (Fsp3) is 0.353. The number of carbonyl (C=O) groups is 2. The molecule has 0 atom stereocenters. The highest BCUT2D eigenvalue weighted by molar-refractivity contribution is 7.13. The van der Waals surface area contributed by atoms with Gasteiger partial charge in [0.1, 0.15) is 12.2 Å². The summed E-state index contributed by atoms with van der Waals surface area (Å²) in [4.78, 5) is 32.6. The summed E-state index contributed by atoms with van der Waals surface area (Å²) in [6.07, 6.45) is 0. The number of piperazine rings is 1. The summed E-state index contributed by atoms with van der Waals surface area (Å²) in [5.41, 5.74) is 3.53. The first-order valence-electron chi connectivity index (χ1n) is 7.79. The molecule has 1 aromatic heterocycles. The van der Waals surface area contributed by atoms with E-state index in [1.165, 1.54) is 11.3 Å². The van der Waals surface area contributed by atoms with Gasteiger partial charge in [0.15, 0.2) is 5.13 Å². The molecule has 7 heteroatoms. The second-order valence-corrected chi connectivity index (χ2v) is 6.76. The van der Waals surface area contributed by atoms with E-state index >= 15 is 0 Å². The zero-order valence-corrected chi connectivity index (χ0v) is 14.8. The molecule has 1 fully saturated rings. The van der Waals surface area contributed by atoms with E-state index < -0.39 is 0 Å². The fourth-order valence-electron chi connectivity index (χ4n) is 2.87. The second-order valence-electron chi connectivity index (χ2n) is 5.91. The predicted octanol–water partition coefficient (Wildman–Crippen LogP) is 2.29. The molecule has 3 rings (SSSR count). The third-order valence-corrected chi connectivity index (χ3v) is 4.82. The van der Waals surface area contributed by atoms with Crippen LogP contribution in [0.4, 0.5) is 10.8 Å². The number of rotatable bonds is 3. The van der Waals surface area contributed by atoms with Crippen LogP contribution in [-0.2, 0) is 4.79 Å². The highest BCUT2D eigenvalue weighted by atomic mass is 32.1. The van der Waals surface area contributed by atoms with E-state index in [0.717, 1.165) is 16.8 Å². The Hall–Kier alpha value is -2.41. The van der Waals surface area contributed by atoms with Crippen LogP contribution in [0, 0.1) is 13.8 Å². The molecular weight excluding hydrogens is 324 g/mol. The minimum Gasteiger partial charge on any atom is -0.365 e. The first-order valence-corrected chi connectivity index (χ1v) is 8.67. The van der Waals surface area contributed by atoms with E-state index in [9.17, 15) is 9.59 Å². The van der Waals surface area contributed by atoms with Crippen molar-refractivity contribution in [1.29, 1.82) is 0 Å². The molecule has 0 bridgehead atoms. The summed E-state index contributed by atoms with van der Waals surface area (Å²) in [7, 11) is 1.76. The Kier molecular flexibility index (Phi) is 4.53. The number of hydrogen-bond donors (Lipinski definition) is 1. The predicted molar refractivity (Wildman–Crippen MR) is 95.8 cm³/mol. The molecule has 1 aromatic carbocycles. The van der Waals surface area contributed by atoms with Crippen LogP contribution in [0.15, 0.2) is 23.6 Å². The Morgan fingerprint density at radius 3 is 2.50 bits per heavy atom. The third-order valence-electron chi connectivity index (χ3n) is 3.96. The molecule has 0 radical (unpaired) electrons. The van der Waals surface area contributed by atoms with Gasteiger partial charge in [-0.2, -0.15) is 0 Å². The zero-order valence-electron chi connectivity index (χ0n) is 14.0. The number of thiazole rings is 1. The molecule has 2 heterocycles. The molecule has 126 valence electrons. The first-order chi connectivity index (χ1) is 11.5. The second kappa shape index (κ2) is 6.60. The van der Waals surface area contributed by atoms with Crippen molar-refractivity contribution in [1.82, 2.24) is 9.88 Å². The SMILES string of the molecule is CNc1nc(C(=O)N2CCN(c3cc(C)cc(C)c3)C(=O)C2)cs1. The van der Waals surface area contributed by atoms with E-state index in [1.807, 2.05) is 26.0 Å². The molecule has 24 heavy (non-hydrogen) atoms. The summed E-state index contributed by atoms with van der Waals surface area (Å²) in [6, 6.07) is 6.08. The Morgan fingerprint density at radius 1 is 1.21 bits per heavy atom. The van der Waals surface area contributed by atoms with Gasteiger partial charge in [-0.3, -0.25) is 9.59 Å². The van der Waals surface area contributed by atoms with E-state index in [0.29, 0.717) is 23.9 Å². The quantitative estimate of drug-likeness (QED) is 0.928. The van der Waals surface area contributed by atoms with Gasteiger partial charge in [0.05, 0.1) is 0 Å². The molecule has 0 unspecified atom stereocenters. The molecule has 0 saturated carbocycles. The molecule has 6 nitrogen and oxygen atoms in total. The number of carbonyl (C=O) groups excluding carboxylic acids is 2. The van der Waals surface area contributed by atoms with Crippen molar-refractivity contribution in [2.24, 2.45) is 0 Å². The molecule has 1 N–H and O–H groups in total. The highest BCUT2D eigenvalue weighted by Crippen LogP contribution is 2.22. The van der Waals surface area contributed by atoms with Gasteiger partial charge in [-0.25, -0.2) is 4.98 Å². The average molecular weight is 344 g/mol. The zero-order chi connectivity index (χ0) is 17.3. The van der Waals surface area contributed by atoms with Gasteiger partial charge in [-0.15, -0.1) is 11.3 Å². The van der Waals surface area contributed by atoms with Gasteiger partial charge in [0.25, 0.3) is 5.91 Å². The van der Waals surface area contributed by atoms with E-state index in [1.54, 1.807) is 22.2 Å². The number of hydrogen-bond acceptors (Lipinski definition) is 5. The van der Waals surface area contributed by atoms with Crippen LogP contribution >= 0.6 is 11.3 Å². The highest BCUT2D eigenvalue weighted by Gasteiger charge is 2.29. The maximum atomic E-state index is 12.5. The molecule has 0 spiro atoms. The van der Waals surface area contributed by atoms with Crippen molar-refractivity contribution in [2.75, 3.05) is 36.9 Å². The summed E-state index contributed by atoms with van der Waals surface area (Å²) < 4.78 is 0. The molecule has 1 saturated heterocycles. The van der Waals surface area contributed by atoms with Gasteiger partial charge in [-0.05, 0) is 37.1 Å². The van der Waals surface area contributed by atoms with Crippen LogP contribution in [0.1, 0.15) is 21.6 Å². The smallest absolute Gasteiger partial charge is 0.273 e. The van der Waals surface area contributed by atoms with Crippen molar-refractivity contribution in [3.8, 4) is 0 Å².